The molecule has 3 rings (SSSR count). The number of halogens is 1. The lowest BCUT2D eigenvalue weighted by Gasteiger charge is -2.15. The maximum atomic E-state index is 11.9. The average molecular weight is 336 g/mol. The monoisotopic (exact) mass is 335 g/mol. The summed E-state index contributed by atoms with van der Waals surface area (Å²) in [6, 6.07) is 7.93. The highest BCUT2D eigenvalue weighted by Gasteiger charge is 2.20. The molecule has 23 heavy (non-hydrogen) atoms. The van der Waals surface area contributed by atoms with Crippen molar-refractivity contribution in [2.75, 3.05) is 13.1 Å². The van der Waals surface area contributed by atoms with Crippen LogP contribution in [-0.4, -0.2) is 33.8 Å². The molecule has 1 unspecified atom stereocenters. The first-order valence-electron chi connectivity index (χ1n) is 7.67. The van der Waals surface area contributed by atoms with E-state index in [9.17, 15) is 4.79 Å². The molecular weight excluding hydrogens is 314 g/mol. The maximum absolute atomic E-state index is 11.9. The number of aromatic nitrogens is 3. The lowest BCUT2D eigenvalue weighted by molar-refractivity contribution is -0.120. The van der Waals surface area contributed by atoms with Gasteiger partial charge < -0.3 is 10.6 Å². The predicted molar refractivity (Wildman–Crippen MR) is 90.8 cm³/mol. The molecule has 1 fully saturated rings. The van der Waals surface area contributed by atoms with Crippen LogP contribution in [0.1, 0.15) is 31.4 Å². The van der Waals surface area contributed by atoms with Gasteiger partial charge in [0.15, 0.2) is 0 Å². The summed E-state index contributed by atoms with van der Waals surface area (Å²) in [5, 5.41) is 10.3. The Morgan fingerprint density at radius 2 is 2.09 bits per heavy atom. The van der Waals surface area contributed by atoms with Crippen LogP contribution in [0.25, 0.3) is 5.69 Å². The second-order valence-corrected chi connectivity index (χ2v) is 5.80. The van der Waals surface area contributed by atoms with E-state index in [1.165, 1.54) is 19.2 Å². The van der Waals surface area contributed by atoms with Crippen LogP contribution >= 0.6 is 12.4 Å². The molecular formula is C16H22ClN5O. The Balaban J connectivity index is 0.00000192. The smallest absolute Gasteiger partial charge is 0.234 e. The Morgan fingerprint density at radius 1 is 1.35 bits per heavy atom. The maximum Gasteiger partial charge on any atom is 0.234 e. The van der Waals surface area contributed by atoms with Gasteiger partial charge in [-0.1, -0.05) is 12.1 Å². The van der Waals surface area contributed by atoms with Gasteiger partial charge in [-0.25, -0.2) is 9.67 Å². The van der Waals surface area contributed by atoms with Crippen molar-refractivity contribution >= 4 is 18.3 Å². The highest BCUT2D eigenvalue weighted by Crippen LogP contribution is 2.27. The zero-order valence-corrected chi connectivity index (χ0v) is 13.9. The van der Waals surface area contributed by atoms with Crippen LogP contribution in [0.15, 0.2) is 36.9 Å². The summed E-state index contributed by atoms with van der Waals surface area (Å²) in [6.45, 7) is 3.33. The van der Waals surface area contributed by atoms with Crippen molar-refractivity contribution in [3.8, 4) is 5.69 Å². The Hall–Kier alpha value is -1.92. The number of carbonyl (C=O) groups is 1. The van der Waals surface area contributed by atoms with Crippen molar-refractivity contribution in [2.45, 2.75) is 25.8 Å². The van der Waals surface area contributed by atoms with Crippen LogP contribution in [0.5, 0.6) is 0 Å². The standard InChI is InChI=1S/C16H21N5O.ClH/c1-12(20-16(22)9-17-8-13-2-3-13)14-4-6-15(7-5-14)21-11-18-10-19-21;/h4-7,10-13,17H,2-3,8-9H2,1H3,(H,20,22);1H. The second kappa shape index (κ2) is 8.08. The third kappa shape index (κ3) is 5.04. The zero-order valence-electron chi connectivity index (χ0n) is 13.1. The molecule has 1 amide bonds. The molecule has 0 saturated heterocycles. The van der Waals surface area contributed by atoms with Crippen LogP contribution in [0, 0.1) is 5.92 Å². The Kier molecular flexibility index (Phi) is 6.12. The van der Waals surface area contributed by atoms with Gasteiger partial charge in [0.2, 0.25) is 5.91 Å². The first-order valence-corrected chi connectivity index (χ1v) is 7.67. The van der Waals surface area contributed by atoms with E-state index in [0.29, 0.717) is 6.54 Å². The minimum Gasteiger partial charge on any atom is -0.348 e. The van der Waals surface area contributed by atoms with Crippen LogP contribution in [-0.2, 0) is 4.79 Å². The predicted octanol–water partition coefficient (Wildman–Crippen LogP) is 1.87. The molecule has 2 N–H and O–H groups in total. The second-order valence-electron chi connectivity index (χ2n) is 5.80. The number of hydrogen-bond donors (Lipinski definition) is 2. The molecule has 0 bridgehead atoms. The quantitative estimate of drug-likeness (QED) is 0.810. The van der Waals surface area contributed by atoms with E-state index in [4.69, 9.17) is 0 Å². The van der Waals surface area contributed by atoms with Crippen molar-refractivity contribution in [3.63, 3.8) is 0 Å². The normalized spacial score (nSPS) is 14.8. The molecule has 1 atom stereocenters. The van der Waals surface area contributed by atoms with Gasteiger partial charge in [-0.2, -0.15) is 5.10 Å². The van der Waals surface area contributed by atoms with E-state index in [1.54, 1.807) is 11.0 Å². The third-order valence-electron chi connectivity index (χ3n) is 3.87. The Morgan fingerprint density at radius 3 is 2.70 bits per heavy atom. The van der Waals surface area contributed by atoms with Gasteiger partial charge in [0.05, 0.1) is 18.3 Å². The molecule has 1 aromatic heterocycles. The van der Waals surface area contributed by atoms with Crippen LogP contribution in [0.2, 0.25) is 0 Å². The van der Waals surface area contributed by atoms with Crippen molar-refractivity contribution in [2.24, 2.45) is 5.92 Å². The molecule has 0 aliphatic heterocycles. The van der Waals surface area contributed by atoms with Gasteiger partial charge in [-0.15, -0.1) is 12.4 Å². The Labute approximate surface area is 142 Å². The van der Waals surface area contributed by atoms with Crippen LogP contribution in [0.4, 0.5) is 0 Å². The molecule has 1 aliphatic rings. The van der Waals surface area contributed by atoms with Gasteiger partial charge in [0.25, 0.3) is 0 Å². The molecule has 1 heterocycles. The summed E-state index contributed by atoms with van der Waals surface area (Å²) in [7, 11) is 0. The molecule has 0 spiro atoms. The number of carbonyl (C=O) groups excluding carboxylic acids is 1. The van der Waals surface area contributed by atoms with Gasteiger partial charge in [-0.3, -0.25) is 4.79 Å². The summed E-state index contributed by atoms with van der Waals surface area (Å²) >= 11 is 0. The minimum absolute atomic E-state index is 0. The lowest BCUT2D eigenvalue weighted by atomic mass is 10.1. The number of nitrogens with zero attached hydrogens (tertiary/aromatic N) is 3. The summed E-state index contributed by atoms with van der Waals surface area (Å²) in [5.41, 5.74) is 2.02. The summed E-state index contributed by atoms with van der Waals surface area (Å²) in [5.74, 6) is 0.822. The topological polar surface area (TPSA) is 71.8 Å². The van der Waals surface area contributed by atoms with E-state index in [-0.39, 0.29) is 24.4 Å². The molecule has 6 nitrogen and oxygen atoms in total. The number of amides is 1. The molecule has 0 radical (unpaired) electrons. The molecule has 2 aromatic rings. The Bertz CT molecular complexity index is 610. The summed E-state index contributed by atoms with van der Waals surface area (Å²) < 4.78 is 1.70. The van der Waals surface area contributed by atoms with Crippen LogP contribution in [0.3, 0.4) is 0 Å². The highest BCUT2D eigenvalue weighted by molar-refractivity contribution is 5.85. The fraction of sp³-hybridized carbons (Fsp3) is 0.438. The van der Waals surface area contributed by atoms with Crippen molar-refractivity contribution in [1.29, 1.82) is 0 Å². The fourth-order valence-electron chi connectivity index (χ4n) is 2.34. The van der Waals surface area contributed by atoms with Gasteiger partial charge in [0, 0.05) is 0 Å². The van der Waals surface area contributed by atoms with Gasteiger partial charge in [0.1, 0.15) is 12.7 Å². The zero-order chi connectivity index (χ0) is 15.4. The summed E-state index contributed by atoms with van der Waals surface area (Å²) in [4.78, 5) is 15.8. The largest absolute Gasteiger partial charge is 0.348 e. The van der Waals surface area contributed by atoms with Crippen molar-refractivity contribution in [3.05, 3.63) is 42.5 Å². The molecule has 1 aromatic carbocycles. The molecule has 1 saturated carbocycles. The SMILES string of the molecule is CC(NC(=O)CNCC1CC1)c1ccc(-n2cncn2)cc1.Cl. The van der Waals surface area contributed by atoms with Gasteiger partial charge >= 0.3 is 0 Å². The molecule has 124 valence electrons. The van der Waals surface area contributed by atoms with Crippen molar-refractivity contribution in [1.82, 2.24) is 25.4 Å². The highest BCUT2D eigenvalue weighted by atomic mass is 35.5. The van der Waals surface area contributed by atoms with E-state index in [1.807, 2.05) is 31.2 Å². The van der Waals surface area contributed by atoms with E-state index < -0.39 is 0 Å². The molecule has 1 aliphatic carbocycles. The fourth-order valence-corrected chi connectivity index (χ4v) is 2.34. The first-order chi connectivity index (χ1) is 10.7. The molecule has 7 heteroatoms. The van der Waals surface area contributed by atoms with E-state index in [2.05, 4.69) is 20.7 Å². The van der Waals surface area contributed by atoms with Crippen molar-refractivity contribution < 1.29 is 4.79 Å². The average Bonchev–Trinajstić information content (AvgIpc) is 3.18. The number of benzene rings is 1. The lowest BCUT2D eigenvalue weighted by Crippen LogP contribution is -2.36. The number of hydrogen-bond acceptors (Lipinski definition) is 4. The first kappa shape index (κ1) is 17.4. The van der Waals surface area contributed by atoms with E-state index in [0.717, 1.165) is 23.7 Å². The van der Waals surface area contributed by atoms with Gasteiger partial charge in [-0.05, 0) is 49.9 Å². The van der Waals surface area contributed by atoms with E-state index >= 15 is 0 Å². The minimum atomic E-state index is -0.0139. The summed E-state index contributed by atoms with van der Waals surface area (Å²) in [6.07, 6.45) is 5.75. The number of nitrogens with one attached hydrogen (secondary N) is 2. The third-order valence-corrected chi connectivity index (χ3v) is 3.87. The number of rotatable bonds is 7. The van der Waals surface area contributed by atoms with Crippen LogP contribution < -0.4 is 10.6 Å².